The number of aromatic nitrogens is 3. The Morgan fingerprint density at radius 3 is 2.62 bits per heavy atom. The van der Waals surface area contributed by atoms with Crippen LogP contribution in [0, 0.1) is 0 Å². The van der Waals surface area contributed by atoms with Gasteiger partial charge in [-0.15, -0.1) is 0 Å². The molecule has 0 N–H and O–H groups in total. The van der Waals surface area contributed by atoms with E-state index >= 15 is 0 Å². The van der Waals surface area contributed by atoms with Crippen molar-refractivity contribution in [2.45, 2.75) is 50.2 Å². The van der Waals surface area contributed by atoms with Crippen molar-refractivity contribution >= 4 is 15.7 Å². The number of piperidine rings is 1. The molecule has 0 bridgehead atoms. The molecular formula is C13H22N4O3S. The van der Waals surface area contributed by atoms with E-state index in [0.29, 0.717) is 13.1 Å². The number of likely N-dealkylation sites (tertiary alicyclic amines) is 1. The van der Waals surface area contributed by atoms with Crippen molar-refractivity contribution in [1.29, 1.82) is 0 Å². The first-order chi connectivity index (χ1) is 9.84. The van der Waals surface area contributed by atoms with E-state index in [1.165, 1.54) is 13.3 Å². The normalized spacial score (nSPS) is 21.5. The van der Waals surface area contributed by atoms with E-state index in [0.717, 1.165) is 12.8 Å². The predicted octanol–water partition coefficient (Wildman–Crippen LogP) is 0.653. The second kappa shape index (κ2) is 6.13. The van der Waals surface area contributed by atoms with E-state index in [4.69, 9.17) is 0 Å². The van der Waals surface area contributed by atoms with Gasteiger partial charge in [0.25, 0.3) is 0 Å². The predicted molar refractivity (Wildman–Crippen MR) is 78.4 cm³/mol. The highest BCUT2D eigenvalue weighted by Gasteiger charge is 2.35. The van der Waals surface area contributed by atoms with Crippen LogP contribution in [0.25, 0.3) is 0 Å². The van der Waals surface area contributed by atoms with Gasteiger partial charge in [-0.25, -0.2) is 18.1 Å². The molecule has 1 amide bonds. The highest BCUT2D eigenvalue weighted by Crippen LogP contribution is 2.22. The van der Waals surface area contributed by atoms with Crippen LogP contribution in [0.2, 0.25) is 0 Å². The van der Waals surface area contributed by atoms with Crippen LogP contribution in [0.1, 0.15) is 39.7 Å². The zero-order valence-electron chi connectivity index (χ0n) is 12.6. The van der Waals surface area contributed by atoms with Gasteiger partial charge in [0.05, 0.1) is 11.3 Å². The molecule has 8 heteroatoms. The van der Waals surface area contributed by atoms with Gasteiger partial charge in [0.1, 0.15) is 17.9 Å². The quantitative estimate of drug-likeness (QED) is 0.815. The first-order valence-electron chi connectivity index (χ1n) is 7.19. The first kappa shape index (κ1) is 15.9. The Bertz CT molecular complexity index is 583. The Kier molecular flexibility index (Phi) is 4.65. The Morgan fingerprint density at radius 2 is 2.05 bits per heavy atom. The number of hydrogen-bond acceptors (Lipinski definition) is 5. The SMILES string of the molecule is CC(C)S(=O)(=O)[C@H](C)C(=O)N1CCC[C@@H](n2cncn2)C1. The topological polar surface area (TPSA) is 85.2 Å². The van der Waals surface area contributed by atoms with Crippen LogP contribution < -0.4 is 0 Å². The fourth-order valence-corrected chi connectivity index (χ4v) is 3.83. The Balaban J connectivity index is 2.09. The molecule has 0 radical (unpaired) electrons. The molecule has 1 aliphatic rings. The zero-order valence-corrected chi connectivity index (χ0v) is 13.5. The van der Waals surface area contributed by atoms with E-state index < -0.39 is 20.3 Å². The Morgan fingerprint density at radius 1 is 1.33 bits per heavy atom. The molecule has 1 aromatic heterocycles. The fourth-order valence-electron chi connectivity index (χ4n) is 2.58. The van der Waals surface area contributed by atoms with E-state index in [2.05, 4.69) is 10.1 Å². The number of carbonyl (C=O) groups excluding carboxylic acids is 1. The third-order valence-electron chi connectivity index (χ3n) is 4.02. The molecule has 2 rings (SSSR count). The average Bonchev–Trinajstić information content (AvgIpc) is 2.99. The molecule has 0 aromatic carbocycles. The molecule has 0 spiro atoms. The number of sulfone groups is 1. The van der Waals surface area contributed by atoms with Crippen molar-refractivity contribution in [1.82, 2.24) is 19.7 Å². The lowest BCUT2D eigenvalue weighted by molar-refractivity contribution is -0.132. The minimum atomic E-state index is -3.42. The van der Waals surface area contributed by atoms with Gasteiger partial charge in [-0.2, -0.15) is 5.10 Å². The van der Waals surface area contributed by atoms with Gasteiger partial charge in [0.2, 0.25) is 5.91 Å². The van der Waals surface area contributed by atoms with Gasteiger partial charge in [-0.05, 0) is 33.6 Å². The van der Waals surface area contributed by atoms with Crippen LogP contribution >= 0.6 is 0 Å². The average molecular weight is 314 g/mol. The van der Waals surface area contributed by atoms with Crippen molar-refractivity contribution in [3.05, 3.63) is 12.7 Å². The van der Waals surface area contributed by atoms with Gasteiger partial charge in [0, 0.05) is 13.1 Å². The van der Waals surface area contributed by atoms with Crippen molar-refractivity contribution in [2.75, 3.05) is 13.1 Å². The molecule has 1 saturated heterocycles. The third kappa shape index (κ3) is 3.25. The monoisotopic (exact) mass is 314 g/mol. The summed E-state index contributed by atoms with van der Waals surface area (Å²) in [5.74, 6) is -0.312. The minimum Gasteiger partial charge on any atom is -0.339 e. The number of amides is 1. The number of rotatable bonds is 4. The van der Waals surface area contributed by atoms with E-state index in [1.807, 2.05) is 0 Å². The summed E-state index contributed by atoms with van der Waals surface area (Å²) in [6, 6.07) is 0.0687. The summed E-state index contributed by atoms with van der Waals surface area (Å²) in [7, 11) is -3.42. The summed E-state index contributed by atoms with van der Waals surface area (Å²) in [6.07, 6.45) is 4.85. The van der Waals surface area contributed by atoms with E-state index in [9.17, 15) is 13.2 Å². The molecule has 0 unspecified atom stereocenters. The number of nitrogens with zero attached hydrogens (tertiary/aromatic N) is 4. The zero-order chi connectivity index (χ0) is 15.6. The van der Waals surface area contributed by atoms with Crippen LogP contribution in [-0.4, -0.2) is 57.6 Å². The first-order valence-corrected chi connectivity index (χ1v) is 8.80. The Hall–Kier alpha value is -1.44. The van der Waals surface area contributed by atoms with Crippen LogP contribution in [0.15, 0.2) is 12.7 Å². The van der Waals surface area contributed by atoms with Crippen molar-refractivity contribution in [2.24, 2.45) is 0 Å². The second-order valence-corrected chi connectivity index (χ2v) is 8.56. The van der Waals surface area contributed by atoms with Gasteiger partial charge in [-0.1, -0.05) is 0 Å². The molecule has 118 valence electrons. The van der Waals surface area contributed by atoms with Crippen LogP contribution in [0.4, 0.5) is 0 Å². The molecule has 1 fully saturated rings. The largest absolute Gasteiger partial charge is 0.339 e. The van der Waals surface area contributed by atoms with Gasteiger partial charge in [-0.3, -0.25) is 4.79 Å². The summed E-state index contributed by atoms with van der Waals surface area (Å²) < 4.78 is 26.0. The van der Waals surface area contributed by atoms with Crippen LogP contribution in [0.3, 0.4) is 0 Å². The van der Waals surface area contributed by atoms with Gasteiger partial charge < -0.3 is 4.90 Å². The van der Waals surface area contributed by atoms with E-state index in [1.54, 1.807) is 29.8 Å². The van der Waals surface area contributed by atoms with Gasteiger partial charge in [0.15, 0.2) is 9.84 Å². The van der Waals surface area contributed by atoms with Crippen molar-refractivity contribution in [3.8, 4) is 0 Å². The molecular weight excluding hydrogens is 292 g/mol. The maximum atomic E-state index is 12.5. The Labute approximate surface area is 125 Å². The van der Waals surface area contributed by atoms with Crippen LogP contribution in [-0.2, 0) is 14.6 Å². The molecule has 1 aliphatic heterocycles. The van der Waals surface area contributed by atoms with Crippen molar-refractivity contribution in [3.63, 3.8) is 0 Å². The fraction of sp³-hybridized carbons (Fsp3) is 0.769. The lowest BCUT2D eigenvalue weighted by atomic mass is 10.1. The summed E-state index contributed by atoms with van der Waals surface area (Å²) >= 11 is 0. The van der Waals surface area contributed by atoms with Crippen LogP contribution in [0.5, 0.6) is 0 Å². The maximum Gasteiger partial charge on any atom is 0.240 e. The summed E-state index contributed by atoms with van der Waals surface area (Å²) in [5, 5.41) is 2.56. The summed E-state index contributed by atoms with van der Waals surface area (Å²) in [4.78, 5) is 18.0. The highest BCUT2D eigenvalue weighted by atomic mass is 32.2. The molecule has 7 nitrogen and oxygen atoms in total. The maximum absolute atomic E-state index is 12.5. The molecule has 0 saturated carbocycles. The third-order valence-corrected chi connectivity index (χ3v) is 6.52. The lowest BCUT2D eigenvalue weighted by Crippen LogP contribution is -2.48. The summed E-state index contributed by atoms with van der Waals surface area (Å²) in [5.41, 5.74) is 0. The smallest absolute Gasteiger partial charge is 0.240 e. The summed E-state index contributed by atoms with van der Waals surface area (Å²) in [6.45, 7) is 5.78. The molecule has 2 heterocycles. The molecule has 2 atom stereocenters. The van der Waals surface area contributed by atoms with E-state index in [-0.39, 0.29) is 11.9 Å². The number of carbonyl (C=O) groups is 1. The van der Waals surface area contributed by atoms with Gasteiger partial charge >= 0.3 is 0 Å². The molecule has 0 aliphatic carbocycles. The second-order valence-electron chi connectivity index (χ2n) is 5.74. The number of hydrogen-bond donors (Lipinski definition) is 0. The molecule has 1 aromatic rings. The standard InChI is InChI=1S/C13H22N4O3S/c1-10(2)21(19,20)11(3)13(18)16-6-4-5-12(7-16)17-9-14-8-15-17/h8-12H,4-7H2,1-3H3/t11-,12-/m1/s1. The lowest BCUT2D eigenvalue weighted by Gasteiger charge is -2.34. The minimum absolute atomic E-state index is 0.0687. The molecule has 21 heavy (non-hydrogen) atoms. The van der Waals surface area contributed by atoms with Crippen molar-refractivity contribution < 1.29 is 13.2 Å². The highest BCUT2D eigenvalue weighted by molar-refractivity contribution is 7.93.